The van der Waals surface area contributed by atoms with E-state index in [0.29, 0.717) is 18.1 Å². The maximum absolute atomic E-state index is 11.9. The summed E-state index contributed by atoms with van der Waals surface area (Å²) in [5, 5.41) is 9.06. The van der Waals surface area contributed by atoms with Gasteiger partial charge in [0.15, 0.2) is 9.84 Å². The quantitative estimate of drug-likeness (QED) is 0.900. The van der Waals surface area contributed by atoms with Crippen LogP contribution in [0.15, 0.2) is 18.3 Å². The lowest BCUT2D eigenvalue weighted by Crippen LogP contribution is -2.47. The van der Waals surface area contributed by atoms with Crippen LogP contribution in [0.4, 0.5) is 5.82 Å². The summed E-state index contributed by atoms with van der Waals surface area (Å²) in [6.45, 7) is 2.33. The zero-order chi connectivity index (χ0) is 14.0. The van der Waals surface area contributed by atoms with E-state index in [9.17, 15) is 13.5 Å². The molecule has 7 heteroatoms. The third-order valence-electron chi connectivity index (χ3n) is 3.13. The molecule has 1 aromatic heterocycles. The molecule has 1 saturated heterocycles. The van der Waals surface area contributed by atoms with E-state index >= 15 is 0 Å². The Bertz CT molecular complexity index is 546. The summed E-state index contributed by atoms with van der Waals surface area (Å²) in [4.78, 5) is 6.07. The second kappa shape index (κ2) is 5.68. The number of hydrogen-bond donors (Lipinski definition) is 1. The highest BCUT2D eigenvalue weighted by Gasteiger charge is 2.31. The van der Waals surface area contributed by atoms with E-state index in [2.05, 4.69) is 4.98 Å². The topological polar surface area (TPSA) is 70.5 Å². The molecule has 2 atom stereocenters. The fraction of sp³-hybridized carbons (Fsp3) is 0.583. The largest absolute Gasteiger partial charge is 0.389 e. The zero-order valence-corrected chi connectivity index (χ0v) is 12.6. The van der Waals surface area contributed by atoms with Gasteiger partial charge in [-0.25, -0.2) is 13.4 Å². The fourth-order valence-electron chi connectivity index (χ4n) is 2.05. The second-order valence-corrected chi connectivity index (χ2v) is 8.03. The molecule has 1 fully saturated rings. The molecule has 0 saturated carbocycles. The number of thioether (sulfide) groups is 1. The van der Waals surface area contributed by atoms with Crippen molar-refractivity contribution < 1.29 is 13.5 Å². The maximum atomic E-state index is 11.9. The second-order valence-electron chi connectivity index (χ2n) is 4.68. The van der Waals surface area contributed by atoms with Crippen LogP contribution in [0.5, 0.6) is 0 Å². The van der Waals surface area contributed by atoms with Crippen molar-refractivity contribution in [1.29, 1.82) is 0 Å². The molecule has 0 aromatic carbocycles. The molecule has 1 aliphatic heterocycles. The average molecular weight is 302 g/mol. The van der Waals surface area contributed by atoms with Gasteiger partial charge in [-0.05, 0) is 24.6 Å². The Hall–Kier alpha value is -0.790. The molecule has 19 heavy (non-hydrogen) atoms. The van der Waals surface area contributed by atoms with Crippen LogP contribution in [-0.2, 0) is 9.84 Å². The summed E-state index contributed by atoms with van der Waals surface area (Å²) in [5.74, 6) is 2.06. The average Bonchev–Trinajstić information content (AvgIpc) is 2.38. The molecule has 1 aromatic rings. The number of anilines is 1. The Balaban J connectivity index is 2.35. The van der Waals surface area contributed by atoms with Crippen molar-refractivity contribution in [1.82, 2.24) is 4.98 Å². The van der Waals surface area contributed by atoms with E-state index in [1.807, 2.05) is 4.90 Å². The fourth-order valence-corrected chi connectivity index (χ4v) is 4.88. The van der Waals surface area contributed by atoms with Crippen molar-refractivity contribution in [3.05, 3.63) is 23.9 Å². The van der Waals surface area contributed by atoms with Crippen molar-refractivity contribution in [3.63, 3.8) is 0 Å². The van der Waals surface area contributed by atoms with Gasteiger partial charge in [-0.2, -0.15) is 11.8 Å². The summed E-state index contributed by atoms with van der Waals surface area (Å²) < 4.78 is 23.7. The third kappa shape index (κ3) is 3.40. The van der Waals surface area contributed by atoms with Crippen molar-refractivity contribution in [2.24, 2.45) is 0 Å². The van der Waals surface area contributed by atoms with E-state index in [1.165, 1.54) is 6.26 Å². The van der Waals surface area contributed by atoms with E-state index in [1.54, 1.807) is 37.0 Å². The van der Waals surface area contributed by atoms with Gasteiger partial charge in [-0.3, -0.25) is 0 Å². The molecule has 0 spiro atoms. The first-order valence-corrected chi connectivity index (χ1v) is 9.18. The normalized spacial score (nSPS) is 22.3. The van der Waals surface area contributed by atoms with Crippen LogP contribution in [0.1, 0.15) is 18.6 Å². The molecule has 1 aliphatic rings. The molecule has 5 nitrogen and oxygen atoms in total. The van der Waals surface area contributed by atoms with Crippen LogP contribution in [-0.4, -0.2) is 48.2 Å². The van der Waals surface area contributed by atoms with Crippen LogP contribution in [0.3, 0.4) is 0 Å². The predicted molar refractivity (Wildman–Crippen MR) is 78.2 cm³/mol. The van der Waals surface area contributed by atoms with E-state index in [-0.39, 0.29) is 0 Å². The van der Waals surface area contributed by atoms with Crippen LogP contribution >= 0.6 is 11.8 Å². The Labute approximate surface area is 118 Å². The number of aromatic nitrogens is 1. The van der Waals surface area contributed by atoms with Crippen molar-refractivity contribution in [2.75, 3.05) is 29.2 Å². The van der Waals surface area contributed by atoms with Crippen LogP contribution in [0.25, 0.3) is 0 Å². The number of rotatable bonds is 3. The molecule has 0 bridgehead atoms. The smallest absolute Gasteiger partial charge is 0.169 e. The van der Waals surface area contributed by atoms with Crippen LogP contribution < -0.4 is 4.90 Å². The minimum atomic E-state index is -3.15. The van der Waals surface area contributed by atoms with Gasteiger partial charge < -0.3 is 10.0 Å². The first-order chi connectivity index (χ1) is 8.89. The zero-order valence-electron chi connectivity index (χ0n) is 11.0. The number of hydrogen-bond acceptors (Lipinski definition) is 6. The van der Waals surface area contributed by atoms with E-state index in [4.69, 9.17) is 0 Å². The Morgan fingerprint density at radius 1 is 1.58 bits per heavy atom. The van der Waals surface area contributed by atoms with Gasteiger partial charge in [-0.15, -0.1) is 0 Å². The van der Waals surface area contributed by atoms with Gasteiger partial charge in [0.2, 0.25) is 0 Å². The van der Waals surface area contributed by atoms with Crippen LogP contribution in [0.2, 0.25) is 0 Å². The molecular weight excluding hydrogens is 284 g/mol. The third-order valence-corrected chi connectivity index (χ3v) is 5.77. The molecule has 1 N–H and O–H groups in total. The lowest BCUT2D eigenvalue weighted by Gasteiger charge is -2.35. The van der Waals surface area contributed by atoms with Gasteiger partial charge in [0, 0.05) is 30.5 Å². The highest BCUT2D eigenvalue weighted by molar-refractivity contribution is 8.01. The van der Waals surface area contributed by atoms with Gasteiger partial charge >= 0.3 is 0 Å². The summed E-state index contributed by atoms with van der Waals surface area (Å²) >= 11 is 1.64. The first kappa shape index (κ1) is 14.6. The van der Waals surface area contributed by atoms with E-state index < -0.39 is 21.3 Å². The molecular formula is C12H18N2O3S2. The monoisotopic (exact) mass is 302 g/mol. The van der Waals surface area contributed by atoms with Gasteiger partial charge in [0.05, 0.1) is 6.10 Å². The van der Waals surface area contributed by atoms with Gasteiger partial charge in [0.25, 0.3) is 0 Å². The highest BCUT2D eigenvalue weighted by Crippen LogP contribution is 2.26. The minimum absolute atomic E-state index is 0.539. The van der Waals surface area contributed by atoms with Crippen molar-refractivity contribution in [2.45, 2.75) is 18.4 Å². The SMILES string of the molecule is C[C@@H](O)c1ccnc(N2CCSCC2S(C)(=O)=O)c1. The predicted octanol–water partition coefficient (Wildman–Crippen LogP) is 1.06. The number of aliphatic hydroxyl groups excluding tert-OH is 1. The molecule has 106 valence electrons. The number of nitrogens with zero attached hydrogens (tertiary/aromatic N) is 2. The highest BCUT2D eigenvalue weighted by atomic mass is 32.2. The standard InChI is InChI=1S/C12H18N2O3S2/c1-9(15)10-3-4-13-11(7-10)14-5-6-18-8-12(14)19(2,16)17/h3-4,7,9,12,15H,5-6,8H2,1-2H3/t9-,12?/m1/s1. The molecule has 1 unspecified atom stereocenters. The number of aliphatic hydroxyl groups is 1. The summed E-state index contributed by atoms with van der Waals surface area (Å²) in [6, 6.07) is 3.50. The molecule has 0 aliphatic carbocycles. The van der Waals surface area contributed by atoms with Gasteiger partial charge in [0.1, 0.15) is 11.2 Å². The Morgan fingerprint density at radius 3 is 2.95 bits per heavy atom. The number of sulfone groups is 1. The van der Waals surface area contributed by atoms with E-state index in [0.717, 1.165) is 11.3 Å². The summed E-state index contributed by atoms with van der Waals surface area (Å²) in [5.41, 5.74) is 0.746. The van der Waals surface area contributed by atoms with Crippen LogP contribution in [0, 0.1) is 0 Å². The summed E-state index contributed by atoms with van der Waals surface area (Å²) in [6.07, 6.45) is 2.28. The molecule has 0 amide bonds. The van der Waals surface area contributed by atoms with Crippen molar-refractivity contribution >= 4 is 27.4 Å². The Morgan fingerprint density at radius 2 is 2.32 bits per heavy atom. The molecule has 2 heterocycles. The number of pyridine rings is 1. The van der Waals surface area contributed by atoms with Gasteiger partial charge in [-0.1, -0.05) is 0 Å². The molecule has 2 rings (SSSR count). The maximum Gasteiger partial charge on any atom is 0.169 e. The van der Waals surface area contributed by atoms with Crippen molar-refractivity contribution in [3.8, 4) is 0 Å². The molecule has 0 radical (unpaired) electrons. The lowest BCUT2D eigenvalue weighted by molar-refractivity contribution is 0.199. The minimum Gasteiger partial charge on any atom is -0.389 e. The summed E-state index contributed by atoms with van der Waals surface area (Å²) in [7, 11) is -3.15. The first-order valence-electron chi connectivity index (χ1n) is 6.07. The lowest BCUT2D eigenvalue weighted by atomic mass is 10.1. The Kier molecular flexibility index (Phi) is 4.37.